The van der Waals surface area contributed by atoms with E-state index in [2.05, 4.69) is 19.2 Å². The smallest absolute Gasteiger partial charge is 0.408 e. The molecule has 2 bridgehead atoms. The number of hydrogen-bond donors (Lipinski definition) is 1. The van der Waals surface area contributed by atoms with Gasteiger partial charge in [0, 0.05) is 6.42 Å². The second-order valence-corrected chi connectivity index (χ2v) is 7.12. The Kier molecular flexibility index (Phi) is 2.76. The van der Waals surface area contributed by atoms with Crippen molar-refractivity contribution in [3.63, 3.8) is 0 Å². The first-order valence-corrected chi connectivity index (χ1v) is 6.63. The highest BCUT2D eigenvalue weighted by Gasteiger charge is 2.65. The minimum atomic E-state index is -0.708. The number of carbonyl (C=O) groups is 2. The number of nitrogens with one attached hydrogen (secondary N) is 1. The van der Waals surface area contributed by atoms with Crippen LogP contribution in [0.3, 0.4) is 0 Å². The van der Waals surface area contributed by atoms with Crippen molar-refractivity contribution in [2.24, 2.45) is 11.3 Å². The van der Waals surface area contributed by atoms with Gasteiger partial charge in [0.1, 0.15) is 11.1 Å². The van der Waals surface area contributed by atoms with Gasteiger partial charge in [0.15, 0.2) is 5.78 Å². The molecular weight excluding hydrogens is 230 g/mol. The maximum atomic E-state index is 12.2. The van der Waals surface area contributed by atoms with E-state index >= 15 is 0 Å². The molecule has 0 saturated heterocycles. The first-order chi connectivity index (χ1) is 8.08. The molecule has 2 aliphatic carbocycles. The van der Waals surface area contributed by atoms with Crippen LogP contribution in [0, 0.1) is 11.3 Å². The first kappa shape index (κ1) is 13.4. The van der Waals surface area contributed by atoms with Crippen molar-refractivity contribution in [2.75, 3.05) is 0 Å². The Morgan fingerprint density at radius 1 is 1.39 bits per heavy atom. The Balaban J connectivity index is 2.17. The fourth-order valence-electron chi connectivity index (χ4n) is 3.45. The minimum absolute atomic E-state index is 0.162. The topological polar surface area (TPSA) is 55.4 Å². The Morgan fingerprint density at radius 2 is 2.00 bits per heavy atom. The standard InChI is InChI=1S/C14H23NO3/c1-12(2,3)18-11(17)15-14-7-6-9(8-10(14)16)13(14,4)5/h9H,6-8H2,1-5H3,(H,15,17)/t9-,14-/m1/s1. The fourth-order valence-corrected chi connectivity index (χ4v) is 3.45. The van der Waals surface area contributed by atoms with Crippen LogP contribution >= 0.6 is 0 Å². The van der Waals surface area contributed by atoms with Gasteiger partial charge in [0.25, 0.3) is 0 Å². The molecule has 0 aromatic rings. The predicted molar refractivity (Wildman–Crippen MR) is 68.2 cm³/mol. The fraction of sp³-hybridized carbons (Fsp3) is 0.857. The SMILES string of the molecule is CC(C)(C)OC(=O)N[C@]12CC[C@H](CC1=O)C2(C)C. The van der Waals surface area contributed by atoms with Crippen molar-refractivity contribution < 1.29 is 14.3 Å². The molecule has 4 heteroatoms. The monoisotopic (exact) mass is 253 g/mol. The van der Waals surface area contributed by atoms with Crippen molar-refractivity contribution in [3.05, 3.63) is 0 Å². The van der Waals surface area contributed by atoms with Crippen LogP contribution < -0.4 is 5.32 Å². The summed E-state index contributed by atoms with van der Waals surface area (Å²) in [5, 5.41) is 2.87. The van der Waals surface area contributed by atoms with E-state index in [9.17, 15) is 9.59 Å². The van der Waals surface area contributed by atoms with Gasteiger partial charge in [-0.15, -0.1) is 0 Å². The summed E-state index contributed by atoms with van der Waals surface area (Å²) in [6.45, 7) is 9.62. The maximum Gasteiger partial charge on any atom is 0.408 e. The first-order valence-electron chi connectivity index (χ1n) is 6.63. The molecule has 0 aromatic heterocycles. The molecule has 102 valence electrons. The number of alkyl carbamates (subject to hydrolysis) is 1. The molecule has 2 aliphatic rings. The molecule has 0 aromatic carbocycles. The number of fused-ring (bicyclic) bond motifs is 2. The molecule has 2 saturated carbocycles. The van der Waals surface area contributed by atoms with Gasteiger partial charge in [-0.05, 0) is 44.9 Å². The molecule has 18 heavy (non-hydrogen) atoms. The zero-order valence-electron chi connectivity index (χ0n) is 11.9. The summed E-state index contributed by atoms with van der Waals surface area (Å²) < 4.78 is 5.28. The van der Waals surface area contributed by atoms with E-state index in [1.165, 1.54) is 0 Å². The lowest BCUT2D eigenvalue weighted by molar-refractivity contribution is -0.125. The maximum absolute atomic E-state index is 12.2. The quantitative estimate of drug-likeness (QED) is 0.781. The van der Waals surface area contributed by atoms with Crippen molar-refractivity contribution in [3.8, 4) is 0 Å². The van der Waals surface area contributed by atoms with Crippen LogP contribution in [-0.2, 0) is 9.53 Å². The number of hydrogen-bond acceptors (Lipinski definition) is 3. The summed E-state index contributed by atoms with van der Waals surface area (Å²) >= 11 is 0. The predicted octanol–water partition coefficient (Wildman–Crippen LogP) is 2.66. The normalized spacial score (nSPS) is 33.6. The van der Waals surface area contributed by atoms with Gasteiger partial charge in [-0.2, -0.15) is 0 Å². The zero-order chi connectivity index (χ0) is 13.8. The molecule has 0 aliphatic heterocycles. The van der Waals surface area contributed by atoms with E-state index in [-0.39, 0.29) is 11.2 Å². The van der Waals surface area contributed by atoms with E-state index in [0.29, 0.717) is 12.3 Å². The lowest BCUT2D eigenvalue weighted by Gasteiger charge is -2.37. The van der Waals surface area contributed by atoms with Gasteiger partial charge in [-0.25, -0.2) is 4.79 Å². The number of Topliss-reactive ketones (excluding diaryl/α,β-unsaturated/α-hetero) is 1. The van der Waals surface area contributed by atoms with Crippen LogP contribution in [0.25, 0.3) is 0 Å². The lowest BCUT2D eigenvalue weighted by atomic mass is 9.76. The summed E-state index contributed by atoms with van der Waals surface area (Å²) in [4.78, 5) is 24.1. The Bertz CT molecular complexity index is 394. The van der Waals surface area contributed by atoms with Crippen LogP contribution in [0.5, 0.6) is 0 Å². The second kappa shape index (κ2) is 3.72. The highest BCUT2D eigenvalue weighted by Crippen LogP contribution is 2.58. The number of amides is 1. The van der Waals surface area contributed by atoms with Crippen molar-refractivity contribution >= 4 is 11.9 Å². The highest BCUT2D eigenvalue weighted by atomic mass is 16.6. The van der Waals surface area contributed by atoms with E-state index in [4.69, 9.17) is 4.74 Å². The molecule has 2 fully saturated rings. The summed E-state index contributed by atoms with van der Waals surface area (Å²) in [6, 6.07) is 0. The van der Waals surface area contributed by atoms with Crippen molar-refractivity contribution in [1.82, 2.24) is 5.32 Å². The zero-order valence-corrected chi connectivity index (χ0v) is 11.9. The van der Waals surface area contributed by atoms with E-state index < -0.39 is 17.2 Å². The van der Waals surface area contributed by atoms with Gasteiger partial charge in [0.05, 0.1) is 0 Å². The average molecular weight is 253 g/mol. The number of carbonyl (C=O) groups excluding carboxylic acids is 2. The number of ketones is 1. The molecule has 2 rings (SSSR count). The van der Waals surface area contributed by atoms with Gasteiger partial charge in [-0.3, -0.25) is 4.79 Å². The van der Waals surface area contributed by atoms with Crippen LogP contribution in [0.4, 0.5) is 4.79 Å². The lowest BCUT2D eigenvalue weighted by Crippen LogP contribution is -2.58. The van der Waals surface area contributed by atoms with E-state index in [1.807, 2.05) is 20.8 Å². The van der Waals surface area contributed by atoms with Crippen LogP contribution in [0.1, 0.15) is 53.9 Å². The van der Waals surface area contributed by atoms with Crippen LogP contribution in [0.2, 0.25) is 0 Å². The number of rotatable bonds is 1. The molecule has 4 nitrogen and oxygen atoms in total. The van der Waals surface area contributed by atoms with Gasteiger partial charge >= 0.3 is 6.09 Å². The molecular formula is C14H23NO3. The Hall–Kier alpha value is -1.06. The third-order valence-corrected chi connectivity index (χ3v) is 4.61. The summed E-state index contributed by atoms with van der Waals surface area (Å²) in [7, 11) is 0. The largest absolute Gasteiger partial charge is 0.444 e. The molecule has 0 unspecified atom stereocenters. The molecule has 0 radical (unpaired) electrons. The van der Waals surface area contributed by atoms with Crippen molar-refractivity contribution in [2.45, 2.75) is 65.0 Å². The summed E-state index contributed by atoms with van der Waals surface area (Å²) in [5.74, 6) is 0.551. The molecule has 0 spiro atoms. The third kappa shape index (κ3) is 1.82. The molecule has 1 amide bonds. The van der Waals surface area contributed by atoms with Gasteiger partial charge < -0.3 is 10.1 Å². The second-order valence-electron chi connectivity index (χ2n) is 7.12. The Morgan fingerprint density at radius 3 is 2.39 bits per heavy atom. The summed E-state index contributed by atoms with van der Waals surface area (Å²) in [6.07, 6.45) is 1.85. The average Bonchev–Trinajstić information content (AvgIpc) is 2.47. The Labute approximate surface area is 108 Å². The summed E-state index contributed by atoms with van der Waals surface area (Å²) in [5.41, 5.74) is -1.41. The molecule has 0 heterocycles. The minimum Gasteiger partial charge on any atom is -0.444 e. The van der Waals surface area contributed by atoms with Gasteiger partial charge in [0.2, 0.25) is 0 Å². The van der Waals surface area contributed by atoms with E-state index in [0.717, 1.165) is 12.8 Å². The molecule has 2 atom stereocenters. The van der Waals surface area contributed by atoms with Crippen LogP contribution in [-0.4, -0.2) is 23.0 Å². The van der Waals surface area contributed by atoms with Crippen LogP contribution in [0.15, 0.2) is 0 Å². The van der Waals surface area contributed by atoms with E-state index in [1.54, 1.807) is 0 Å². The molecule has 1 N–H and O–H groups in total. The number of ether oxygens (including phenoxy) is 1. The van der Waals surface area contributed by atoms with Crippen molar-refractivity contribution in [1.29, 1.82) is 0 Å². The van der Waals surface area contributed by atoms with Gasteiger partial charge in [-0.1, -0.05) is 13.8 Å². The highest BCUT2D eigenvalue weighted by molar-refractivity contribution is 5.96. The third-order valence-electron chi connectivity index (χ3n) is 4.61.